The molecule has 0 aliphatic rings. The van der Waals surface area contributed by atoms with Crippen LogP contribution in [0.25, 0.3) is 5.69 Å². The highest BCUT2D eigenvalue weighted by molar-refractivity contribution is 5.95. The Kier molecular flexibility index (Phi) is 3.09. The highest BCUT2D eigenvalue weighted by Gasteiger charge is 2.12. The molecular formula is C14H16N2O. The predicted octanol–water partition coefficient (Wildman–Crippen LogP) is 2.95. The van der Waals surface area contributed by atoms with E-state index in [1.807, 2.05) is 29.8 Å². The van der Waals surface area contributed by atoms with Crippen molar-refractivity contribution in [1.82, 2.24) is 9.78 Å². The van der Waals surface area contributed by atoms with Crippen LogP contribution in [0.1, 0.15) is 35.5 Å². The molecule has 0 fully saturated rings. The van der Waals surface area contributed by atoms with Crippen LogP contribution in [-0.4, -0.2) is 15.6 Å². The molecule has 2 aromatic rings. The van der Waals surface area contributed by atoms with E-state index in [4.69, 9.17) is 0 Å². The number of benzene rings is 1. The zero-order chi connectivity index (χ0) is 12.4. The third-order valence-electron chi connectivity index (χ3n) is 2.99. The Hall–Kier alpha value is -1.90. The lowest BCUT2D eigenvalue weighted by Crippen LogP contribution is -2.04. The van der Waals surface area contributed by atoms with Crippen molar-refractivity contribution in [2.45, 2.75) is 27.2 Å². The van der Waals surface area contributed by atoms with Crippen LogP contribution in [0.15, 0.2) is 30.5 Å². The molecule has 3 nitrogen and oxygen atoms in total. The molecule has 1 aromatic heterocycles. The molecule has 0 spiro atoms. The fourth-order valence-corrected chi connectivity index (χ4v) is 2.01. The summed E-state index contributed by atoms with van der Waals surface area (Å²) in [6.45, 7) is 5.61. The number of ketones is 1. The van der Waals surface area contributed by atoms with Gasteiger partial charge in [-0.2, -0.15) is 5.10 Å². The Balaban J connectivity index is 2.57. The molecule has 0 N–H and O–H groups in total. The van der Waals surface area contributed by atoms with Gasteiger partial charge in [-0.25, -0.2) is 4.68 Å². The number of carbonyl (C=O) groups excluding carboxylic acids is 1. The van der Waals surface area contributed by atoms with E-state index in [2.05, 4.69) is 18.1 Å². The number of aryl methyl sites for hydroxylation is 1. The van der Waals surface area contributed by atoms with Crippen LogP contribution in [0.4, 0.5) is 0 Å². The zero-order valence-corrected chi connectivity index (χ0v) is 10.4. The first-order chi connectivity index (χ1) is 8.15. The molecule has 0 aliphatic heterocycles. The van der Waals surface area contributed by atoms with Crippen molar-refractivity contribution in [3.05, 3.63) is 47.3 Å². The summed E-state index contributed by atoms with van der Waals surface area (Å²) in [4.78, 5) is 11.4. The first kappa shape index (κ1) is 11.6. The molecule has 0 aliphatic carbocycles. The first-order valence-electron chi connectivity index (χ1n) is 5.79. The maximum atomic E-state index is 11.4. The Morgan fingerprint density at radius 2 is 2.06 bits per heavy atom. The molecule has 0 saturated carbocycles. The van der Waals surface area contributed by atoms with Crippen LogP contribution in [0.3, 0.4) is 0 Å². The monoisotopic (exact) mass is 228 g/mol. The molecule has 0 atom stereocenters. The van der Waals surface area contributed by atoms with Gasteiger partial charge >= 0.3 is 0 Å². The summed E-state index contributed by atoms with van der Waals surface area (Å²) in [5.74, 6) is 0.0581. The van der Waals surface area contributed by atoms with E-state index in [1.165, 1.54) is 5.56 Å². The Bertz CT molecular complexity index is 555. The van der Waals surface area contributed by atoms with E-state index < -0.39 is 0 Å². The third-order valence-corrected chi connectivity index (χ3v) is 2.99. The van der Waals surface area contributed by atoms with Gasteiger partial charge in [0.05, 0.1) is 23.1 Å². The van der Waals surface area contributed by atoms with Crippen LogP contribution < -0.4 is 0 Å². The van der Waals surface area contributed by atoms with Gasteiger partial charge in [-0.05, 0) is 31.9 Å². The number of rotatable bonds is 3. The van der Waals surface area contributed by atoms with Crippen molar-refractivity contribution < 1.29 is 4.79 Å². The van der Waals surface area contributed by atoms with Crippen molar-refractivity contribution in [3.8, 4) is 5.69 Å². The highest BCUT2D eigenvalue weighted by Crippen LogP contribution is 2.18. The quantitative estimate of drug-likeness (QED) is 0.757. The topological polar surface area (TPSA) is 34.9 Å². The molecule has 1 aromatic carbocycles. The second kappa shape index (κ2) is 4.53. The average Bonchev–Trinajstić information content (AvgIpc) is 2.71. The molecule has 17 heavy (non-hydrogen) atoms. The Morgan fingerprint density at radius 1 is 1.35 bits per heavy atom. The van der Waals surface area contributed by atoms with E-state index >= 15 is 0 Å². The largest absolute Gasteiger partial charge is 0.294 e. The molecule has 0 amide bonds. The van der Waals surface area contributed by atoms with E-state index in [1.54, 1.807) is 13.1 Å². The van der Waals surface area contributed by atoms with Crippen LogP contribution in [0.2, 0.25) is 0 Å². The van der Waals surface area contributed by atoms with Crippen LogP contribution in [-0.2, 0) is 6.42 Å². The van der Waals surface area contributed by atoms with Crippen molar-refractivity contribution in [1.29, 1.82) is 0 Å². The third kappa shape index (κ3) is 2.00. The molecule has 2 rings (SSSR count). The number of para-hydroxylation sites is 1. The zero-order valence-electron chi connectivity index (χ0n) is 10.4. The van der Waals surface area contributed by atoms with Gasteiger partial charge < -0.3 is 0 Å². The van der Waals surface area contributed by atoms with Crippen LogP contribution in [0.5, 0.6) is 0 Å². The standard InChI is InChI=1S/C14H16N2O/c1-4-12-7-5-6-8-14(12)16-10(2)13(9-15-16)11(3)17/h5-9H,4H2,1-3H3. The summed E-state index contributed by atoms with van der Waals surface area (Å²) in [5.41, 5.74) is 3.88. The van der Waals surface area contributed by atoms with Crippen molar-refractivity contribution >= 4 is 5.78 Å². The number of carbonyl (C=O) groups is 1. The summed E-state index contributed by atoms with van der Waals surface area (Å²) < 4.78 is 1.84. The first-order valence-corrected chi connectivity index (χ1v) is 5.79. The molecular weight excluding hydrogens is 212 g/mol. The predicted molar refractivity (Wildman–Crippen MR) is 67.7 cm³/mol. The summed E-state index contributed by atoms with van der Waals surface area (Å²) in [5, 5.41) is 4.31. The molecule has 0 bridgehead atoms. The number of hydrogen-bond donors (Lipinski definition) is 0. The second-order valence-corrected chi connectivity index (χ2v) is 4.09. The molecule has 0 saturated heterocycles. The van der Waals surface area contributed by atoms with Gasteiger partial charge in [0.2, 0.25) is 0 Å². The van der Waals surface area contributed by atoms with Gasteiger partial charge in [-0.15, -0.1) is 0 Å². The van der Waals surface area contributed by atoms with Gasteiger partial charge in [0.1, 0.15) is 0 Å². The smallest absolute Gasteiger partial charge is 0.163 e. The molecule has 0 radical (unpaired) electrons. The van der Waals surface area contributed by atoms with Crippen molar-refractivity contribution in [2.24, 2.45) is 0 Å². The van der Waals surface area contributed by atoms with Gasteiger partial charge in [0.25, 0.3) is 0 Å². The van der Waals surface area contributed by atoms with E-state index in [-0.39, 0.29) is 5.78 Å². The summed E-state index contributed by atoms with van der Waals surface area (Å²) in [6.07, 6.45) is 2.59. The van der Waals surface area contributed by atoms with E-state index in [0.29, 0.717) is 5.56 Å². The van der Waals surface area contributed by atoms with Crippen molar-refractivity contribution in [3.63, 3.8) is 0 Å². The average molecular weight is 228 g/mol. The lowest BCUT2D eigenvalue weighted by atomic mass is 10.1. The summed E-state index contributed by atoms with van der Waals surface area (Å²) in [6, 6.07) is 8.13. The molecule has 3 heteroatoms. The van der Waals surface area contributed by atoms with Crippen molar-refractivity contribution in [2.75, 3.05) is 0 Å². The number of aromatic nitrogens is 2. The number of nitrogens with zero attached hydrogens (tertiary/aromatic N) is 2. The minimum Gasteiger partial charge on any atom is -0.294 e. The molecule has 88 valence electrons. The fourth-order valence-electron chi connectivity index (χ4n) is 2.01. The fraction of sp³-hybridized carbons (Fsp3) is 0.286. The Morgan fingerprint density at radius 3 is 2.65 bits per heavy atom. The minimum absolute atomic E-state index is 0.0581. The van der Waals surface area contributed by atoms with Gasteiger partial charge in [0, 0.05) is 0 Å². The van der Waals surface area contributed by atoms with Crippen LogP contribution in [0, 0.1) is 6.92 Å². The number of Topliss-reactive ketones (excluding diaryl/α,β-unsaturated/α-hetero) is 1. The summed E-state index contributed by atoms with van der Waals surface area (Å²) in [7, 11) is 0. The summed E-state index contributed by atoms with van der Waals surface area (Å²) >= 11 is 0. The molecule has 0 unspecified atom stereocenters. The normalized spacial score (nSPS) is 10.5. The maximum absolute atomic E-state index is 11.4. The highest BCUT2D eigenvalue weighted by atomic mass is 16.1. The van der Waals surface area contributed by atoms with Crippen LogP contribution >= 0.6 is 0 Å². The lowest BCUT2D eigenvalue weighted by Gasteiger charge is -2.09. The molecule has 1 heterocycles. The van der Waals surface area contributed by atoms with Gasteiger partial charge in [-0.1, -0.05) is 25.1 Å². The lowest BCUT2D eigenvalue weighted by molar-refractivity contribution is 0.101. The maximum Gasteiger partial charge on any atom is 0.163 e. The SMILES string of the molecule is CCc1ccccc1-n1ncc(C(C)=O)c1C. The number of hydrogen-bond acceptors (Lipinski definition) is 2. The van der Waals surface area contributed by atoms with Gasteiger partial charge in [0.15, 0.2) is 5.78 Å². The Labute approximate surface area is 101 Å². The van der Waals surface area contributed by atoms with Gasteiger partial charge in [-0.3, -0.25) is 4.79 Å². The van der Waals surface area contributed by atoms with E-state index in [9.17, 15) is 4.79 Å². The minimum atomic E-state index is 0.0581. The second-order valence-electron chi connectivity index (χ2n) is 4.09. The van der Waals surface area contributed by atoms with E-state index in [0.717, 1.165) is 17.8 Å².